The molecule has 1 aliphatic rings. The Hall–Kier alpha value is -0.840. The van der Waals surface area contributed by atoms with E-state index in [9.17, 15) is 0 Å². The van der Waals surface area contributed by atoms with Crippen LogP contribution in [-0.2, 0) is 4.74 Å². The Kier molecular flexibility index (Phi) is 11.9. The highest BCUT2D eigenvalue weighted by Crippen LogP contribution is 2.24. The summed E-state index contributed by atoms with van der Waals surface area (Å²) in [7, 11) is 5.63. The van der Waals surface area contributed by atoms with Crippen molar-refractivity contribution in [2.75, 3.05) is 67.1 Å². The van der Waals surface area contributed by atoms with E-state index in [0.717, 1.165) is 57.6 Å². The zero-order valence-electron chi connectivity index (χ0n) is 16.2. The van der Waals surface area contributed by atoms with Gasteiger partial charge in [0.05, 0.1) is 18.9 Å². The van der Waals surface area contributed by atoms with Crippen molar-refractivity contribution in [1.82, 2.24) is 20.4 Å². The van der Waals surface area contributed by atoms with Crippen LogP contribution >= 0.6 is 24.0 Å². The summed E-state index contributed by atoms with van der Waals surface area (Å²) in [5.74, 6) is 1.85. The lowest BCUT2D eigenvalue weighted by Crippen LogP contribution is -2.44. The van der Waals surface area contributed by atoms with Crippen LogP contribution in [0.3, 0.4) is 0 Å². The van der Waals surface area contributed by atoms with Crippen LogP contribution in [0.15, 0.2) is 27.8 Å². The maximum atomic E-state index is 5.66. The average molecular weight is 479 g/mol. The Bertz CT molecular complexity index is 492. The molecule has 1 fully saturated rings. The molecule has 1 aromatic rings. The number of furan rings is 1. The van der Waals surface area contributed by atoms with Gasteiger partial charge in [-0.05, 0) is 45.1 Å². The summed E-state index contributed by atoms with van der Waals surface area (Å²) in [6, 6.07) is 4.27. The van der Waals surface area contributed by atoms with E-state index in [2.05, 4.69) is 38.5 Å². The molecule has 26 heavy (non-hydrogen) atoms. The van der Waals surface area contributed by atoms with E-state index in [1.807, 2.05) is 13.1 Å². The summed E-state index contributed by atoms with van der Waals surface area (Å²) in [6.45, 7) is 6.51. The zero-order valence-corrected chi connectivity index (χ0v) is 18.6. The molecular weight excluding hydrogens is 445 g/mol. The minimum absolute atomic E-state index is 0. The summed E-state index contributed by atoms with van der Waals surface area (Å²) in [4.78, 5) is 9.05. The van der Waals surface area contributed by atoms with Gasteiger partial charge in [0.2, 0.25) is 0 Å². The molecule has 0 radical (unpaired) electrons. The third kappa shape index (κ3) is 7.81. The monoisotopic (exact) mass is 479 g/mol. The summed E-state index contributed by atoms with van der Waals surface area (Å²) >= 11 is 0. The molecular formula is C18H34IN5O2. The Morgan fingerprint density at radius 2 is 2.12 bits per heavy atom. The van der Waals surface area contributed by atoms with E-state index < -0.39 is 0 Å². The Morgan fingerprint density at radius 3 is 2.73 bits per heavy atom. The van der Waals surface area contributed by atoms with E-state index in [1.54, 1.807) is 13.4 Å². The van der Waals surface area contributed by atoms with Crippen LogP contribution in [0.1, 0.15) is 24.6 Å². The predicted octanol–water partition coefficient (Wildman–Crippen LogP) is 1.78. The number of ether oxygens (including phenoxy) is 1. The molecule has 150 valence electrons. The predicted molar refractivity (Wildman–Crippen MR) is 116 cm³/mol. The van der Waals surface area contributed by atoms with Gasteiger partial charge in [-0.3, -0.25) is 9.89 Å². The molecule has 1 unspecified atom stereocenters. The van der Waals surface area contributed by atoms with Crippen LogP contribution in [0.25, 0.3) is 0 Å². The van der Waals surface area contributed by atoms with Gasteiger partial charge in [-0.1, -0.05) is 0 Å². The minimum atomic E-state index is 0. The van der Waals surface area contributed by atoms with Crippen LogP contribution < -0.4 is 10.6 Å². The Morgan fingerprint density at radius 1 is 1.35 bits per heavy atom. The summed E-state index contributed by atoms with van der Waals surface area (Å²) in [5.41, 5.74) is 0. The molecule has 2 rings (SSSR count). The second-order valence-corrected chi connectivity index (χ2v) is 6.45. The molecule has 0 spiro atoms. The number of likely N-dealkylation sites (tertiary alicyclic amines) is 1. The van der Waals surface area contributed by atoms with E-state index in [-0.39, 0.29) is 30.0 Å². The van der Waals surface area contributed by atoms with Crippen molar-refractivity contribution in [3.05, 3.63) is 24.2 Å². The van der Waals surface area contributed by atoms with Crippen LogP contribution in [0.4, 0.5) is 0 Å². The van der Waals surface area contributed by atoms with Crippen molar-refractivity contribution in [3.8, 4) is 0 Å². The van der Waals surface area contributed by atoms with Gasteiger partial charge in [0.25, 0.3) is 0 Å². The first-order chi connectivity index (χ1) is 12.2. The number of rotatable bonds is 10. The van der Waals surface area contributed by atoms with Crippen LogP contribution in [-0.4, -0.2) is 82.8 Å². The molecule has 2 heterocycles. The topological polar surface area (TPSA) is 65.3 Å². The van der Waals surface area contributed by atoms with Crippen LogP contribution in [0, 0.1) is 0 Å². The minimum Gasteiger partial charge on any atom is -0.468 e. The van der Waals surface area contributed by atoms with Gasteiger partial charge >= 0.3 is 0 Å². The lowest BCUT2D eigenvalue weighted by molar-refractivity contribution is 0.162. The molecule has 0 amide bonds. The molecule has 1 atom stereocenters. The molecule has 0 aromatic carbocycles. The number of halogens is 1. The number of aliphatic imine (C=N–C) groups is 1. The molecule has 7 nitrogen and oxygen atoms in total. The van der Waals surface area contributed by atoms with Crippen molar-refractivity contribution < 1.29 is 9.15 Å². The van der Waals surface area contributed by atoms with E-state index in [4.69, 9.17) is 9.15 Å². The van der Waals surface area contributed by atoms with Gasteiger partial charge in [0.1, 0.15) is 5.76 Å². The van der Waals surface area contributed by atoms with Crippen LogP contribution in [0.2, 0.25) is 0 Å². The van der Waals surface area contributed by atoms with E-state index in [1.165, 1.54) is 12.8 Å². The molecule has 8 heteroatoms. The number of nitrogens with zero attached hydrogens (tertiary/aromatic N) is 3. The lowest BCUT2D eigenvalue weighted by Gasteiger charge is -2.27. The van der Waals surface area contributed by atoms with Crippen molar-refractivity contribution >= 4 is 29.9 Å². The SMILES string of the molecule is CN=C(NCCN(C)CCOC)NCC(c1ccco1)N1CCCC1.I. The highest BCUT2D eigenvalue weighted by Gasteiger charge is 2.25. The average Bonchev–Trinajstić information content (AvgIpc) is 3.33. The highest BCUT2D eigenvalue weighted by atomic mass is 127. The molecule has 0 saturated carbocycles. The van der Waals surface area contributed by atoms with Crippen molar-refractivity contribution in [2.45, 2.75) is 18.9 Å². The number of hydrogen-bond donors (Lipinski definition) is 2. The maximum Gasteiger partial charge on any atom is 0.191 e. The smallest absolute Gasteiger partial charge is 0.191 e. The first kappa shape index (κ1) is 23.2. The molecule has 0 bridgehead atoms. The fraction of sp³-hybridized carbons (Fsp3) is 0.722. The summed E-state index contributed by atoms with van der Waals surface area (Å²) < 4.78 is 10.8. The van der Waals surface area contributed by atoms with Gasteiger partial charge in [-0.25, -0.2) is 0 Å². The maximum absolute atomic E-state index is 5.66. The quantitative estimate of drug-likeness (QED) is 0.303. The summed E-state index contributed by atoms with van der Waals surface area (Å²) in [6.07, 6.45) is 4.28. The fourth-order valence-electron chi connectivity index (χ4n) is 3.08. The molecule has 1 saturated heterocycles. The van der Waals surface area contributed by atoms with Gasteiger partial charge in [-0.15, -0.1) is 24.0 Å². The zero-order chi connectivity index (χ0) is 17.9. The fourth-order valence-corrected chi connectivity index (χ4v) is 3.08. The van der Waals surface area contributed by atoms with Crippen molar-refractivity contribution in [1.29, 1.82) is 0 Å². The molecule has 1 aromatic heterocycles. The second-order valence-electron chi connectivity index (χ2n) is 6.45. The number of guanidine groups is 1. The summed E-state index contributed by atoms with van der Waals surface area (Å²) in [5, 5.41) is 6.82. The standard InChI is InChI=1S/C18H33N5O2.HI/c1-19-18(20-8-11-22(2)12-14-24-3)21-15-16(17-7-6-13-25-17)23-9-4-5-10-23;/h6-7,13,16H,4-5,8-12,14-15H2,1-3H3,(H2,19,20,21);1H. The van der Waals surface area contributed by atoms with Gasteiger partial charge in [-0.2, -0.15) is 0 Å². The second kappa shape index (κ2) is 13.3. The van der Waals surface area contributed by atoms with Crippen molar-refractivity contribution in [3.63, 3.8) is 0 Å². The van der Waals surface area contributed by atoms with Gasteiger partial charge in [0, 0.05) is 40.3 Å². The third-order valence-electron chi connectivity index (χ3n) is 4.60. The normalized spacial score (nSPS) is 16.5. The number of nitrogens with one attached hydrogen (secondary N) is 2. The van der Waals surface area contributed by atoms with E-state index >= 15 is 0 Å². The molecule has 0 aliphatic carbocycles. The number of methoxy groups -OCH3 is 1. The van der Waals surface area contributed by atoms with E-state index in [0.29, 0.717) is 0 Å². The Labute approximate surface area is 174 Å². The van der Waals surface area contributed by atoms with Gasteiger partial charge in [0.15, 0.2) is 5.96 Å². The first-order valence-corrected chi connectivity index (χ1v) is 9.14. The largest absolute Gasteiger partial charge is 0.468 e. The number of hydrogen-bond acceptors (Lipinski definition) is 5. The Balaban J connectivity index is 0.00000338. The third-order valence-corrected chi connectivity index (χ3v) is 4.60. The van der Waals surface area contributed by atoms with Crippen molar-refractivity contribution in [2.24, 2.45) is 4.99 Å². The van der Waals surface area contributed by atoms with Crippen LogP contribution in [0.5, 0.6) is 0 Å². The van der Waals surface area contributed by atoms with Gasteiger partial charge < -0.3 is 24.7 Å². The highest BCUT2D eigenvalue weighted by molar-refractivity contribution is 14.0. The molecule has 2 N–H and O–H groups in total. The molecule has 1 aliphatic heterocycles. The lowest BCUT2D eigenvalue weighted by atomic mass is 10.2. The first-order valence-electron chi connectivity index (χ1n) is 9.14. The number of likely N-dealkylation sites (N-methyl/N-ethyl adjacent to an activating group) is 1.